The normalized spacial score (nSPS) is 9.96. The topological polar surface area (TPSA) is 79.5 Å². The van der Waals surface area contributed by atoms with Crippen LogP contribution in [0.2, 0.25) is 0 Å². The maximum Gasteiger partial charge on any atom is 0.279 e. The third-order valence-corrected chi connectivity index (χ3v) is 4.20. The molecule has 0 saturated carbocycles. The average molecular weight is 377 g/mol. The minimum absolute atomic E-state index is 0.00668. The largest absolute Gasteiger partial charge is 0.494 e. The summed E-state index contributed by atoms with van der Waals surface area (Å²) in [7, 11) is 0. The van der Waals surface area contributed by atoms with Gasteiger partial charge in [0.25, 0.3) is 11.8 Å². The first-order valence-electron chi connectivity index (χ1n) is 7.78. The highest BCUT2D eigenvalue weighted by atomic mass is 32.1. The van der Waals surface area contributed by atoms with Crippen LogP contribution in [0, 0.1) is 0 Å². The van der Waals surface area contributed by atoms with Crippen LogP contribution in [0.15, 0.2) is 41.8 Å². The minimum Gasteiger partial charge on any atom is -0.494 e. The smallest absolute Gasteiger partial charge is 0.279 e. The number of carbonyl (C=O) groups excluding carboxylic acids is 2. The van der Waals surface area contributed by atoms with E-state index in [2.05, 4.69) is 23.1 Å². The predicted octanol–water partition coefficient (Wildman–Crippen LogP) is 2.88. The van der Waals surface area contributed by atoms with Crippen LogP contribution >= 0.6 is 23.6 Å². The van der Waals surface area contributed by atoms with Gasteiger partial charge in [-0.25, -0.2) is 0 Å². The molecule has 2 aromatic rings. The highest BCUT2D eigenvalue weighted by Gasteiger charge is 2.10. The molecule has 0 unspecified atom stereocenters. The second-order valence-electron chi connectivity index (χ2n) is 5.07. The molecule has 0 aliphatic carbocycles. The summed E-state index contributed by atoms with van der Waals surface area (Å²) in [5.74, 6) is -0.0762. The molecule has 1 heterocycles. The van der Waals surface area contributed by atoms with E-state index in [1.807, 2.05) is 0 Å². The summed E-state index contributed by atoms with van der Waals surface area (Å²) < 4.78 is 5.58. The molecule has 1 aromatic heterocycles. The zero-order valence-electron chi connectivity index (χ0n) is 13.7. The molecule has 8 heteroatoms. The van der Waals surface area contributed by atoms with E-state index in [1.54, 1.807) is 41.8 Å². The van der Waals surface area contributed by atoms with E-state index in [9.17, 15) is 9.59 Å². The van der Waals surface area contributed by atoms with Crippen molar-refractivity contribution in [1.82, 2.24) is 16.2 Å². The van der Waals surface area contributed by atoms with E-state index < -0.39 is 0 Å². The highest BCUT2D eigenvalue weighted by molar-refractivity contribution is 7.80. The Hall–Kier alpha value is -2.45. The van der Waals surface area contributed by atoms with Crippen LogP contribution in [0.3, 0.4) is 0 Å². The molecule has 0 aliphatic rings. The fraction of sp³-hybridized carbons (Fsp3) is 0.235. The third kappa shape index (κ3) is 6.17. The average Bonchev–Trinajstić information content (AvgIpc) is 3.15. The first kappa shape index (κ1) is 18.9. The number of benzene rings is 1. The lowest BCUT2D eigenvalue weighted by molar-refractivity contribution is 0.0938. The molecule has 0 aliphatic heterocycles. The number of nitrogens with one attached hydrogen (secondary N) is 3. The fourth-order valence-electron chi connectivity index (χ4n) is 1.85. The lowest BCUT2D eigenvalue weighted by atomic mass is 10.2. The lowest BCUT2D eigenvalue weighted by Crippen LogP contribution is -2.48. The zero-order chi connectivity index (χ0) is 18.1. The standard InChI is InChI=1S/C17H19N3O3S2/c1-2-3-9-23-13-7-4-6-12(11-13)15(21)18-17(24)20-19-16(22)14-8-5-10-25-14/h4-8,10-11H,2-3,9H2,1H3,(H,19,22)(H2,18,20,21,24). The number of hydrogen-bond donors (Lipinski definition) is 3. The molecule has 0 saturated heterocycles. The molecule has 2 rings (SSSR count). The van der Waals surface area contributed by atoms with Gasteiger partial charge >= 0.3 is 0 Å². The highest BCUT2D eigenvalue weighted by Crippen LogP contribution is 2.13. The van der Waals surface area contributed by atoms with Crippen molar-refractivity contribution in [2.45, 2.75) is 19.8 Å². The first-order chi connectivity index (χ1) is 12.1. The SMILES string of the molecule is CCCCOc1cccc(C(=O)NC(=S)NNC(=O)c2cccs2)c1. The Morgan fingerprint density at radius 3 is 2.72 bits per heavy atom. The summed E-state index contributed by atoms with van der Waals surface area (Å²) in [6, 6.07) is 10.3. The van der Waals surface area contributed by atoms with Crippen LogP contribution in [0.25, 0.3) is 0 Å². The molecule has 3 N–H and O–H groups in total. The number of unbranched alkanes of at least 4 members (excludes halogenated alkanes) is 1. The Bertz CT molecular complexity index is 732. The number of carbonyl (C=O) groups is 2. The Morgan fingerprint density at radius 2 is 2.00 bits per heavy atom. The summed E-state index contributed by atoms with van der Waals surface area (Å²) in [5.41, 5.74) is 5.35. The molecule has 0 fully saturated rings. The van der Waals surface area contributed by atoms with Gasteiger partial charge in [-0.3, -0.25) is 25.8 Å². The monoisotopic (exact) mass is 377 g/mol. The number of rotatable bonds is 6. The van der Waals surface area contributed by atoms with Crippen molar-refractivity contribution in [3.63, 3.8) is 0 Å². The van der Waals surface area contributed by atoms with Gasteiger partial charge in [0.15, 0.2) is 5.11 Å². The maximum absolute atomic E-state index is 12.2. The van der Waals surface area contributed by atoms with E-state index in [0.717, 1.165) is 12.8 Å². The Morgan fingerprint density at radius 1 is 1.16 bits per heavy atom. The van der Waals surface area contributed by atoms with Crippen LogP contribution in [-0.4, -0.2) is 23.5 Å². The summed E-state index contributed by atoms with van der Waals surface area (Å²) >= 11 is 6.32. The molecular weight excluding hydrogens is 358 g/mol. The van der Waals surface area contributed by atoms with Crippen LogP contribution in [0.1, 0.15) is 39.8 Å². The van der Waals surface area contributed by atoms with Gasteiger partial charge in [0.2, 0.25) is 0 Å². The third-order valence-electron chi connectivity index (χ3n) is 3.12. The van der Waals surface area contributed by atoms with Gasteiger partial charge in [-0.2, -0.15) is 0 Å². The molecule has 132 valence electrons. The Labute approximate surface area is 155 Å². The van der Waals surface area contributed by atoms with Crippen molar-refractivity contribution in [3.05, 3.63) is 52.2 Å². The second-order valence-corrected chi connectivity index (χ2v) is 6.43. The molecule has 0 radical (unpaired) electrons. The Kier molecular flexibility index (Phi) is 7.36. The zero-order valence-corrected chi connectivity index (χ0v) is 15.3. The van der Waals surface area contributed by atoms with Crippen molar-refractivity contribution >= 4 is 40.5 Å². The van der Waals surface area contributed by atoms with Gasteiger partial charge < -0.3 is 4.74 Å². The van der Waals surface area contributed by atoms with Crippen molar-refractivity contribution < 1.29 is 14.3 Å². The summed E-state index contributed by atoms with van der Waals surface area (Å²) in [5, 5.41) is 4.31. The number of thiocarbonyl (C=S) groups is 1. The van der Waals surface area contributed by atoms with Crippen molar-refractivity contribution in [2.24, 2.45) is 0 Å². The molecule has 25 heavy (non-hydrogen) atoms. The van der Waals surface area contributed by atoms with Gasteiger partial charge in [-0.1, -0.05) is 25.5 Å². The van der Waals surface area contributed by atoms with Gasteiger partial charge in [-0.05, 0) is 48.3 Å². The van der Waals surface area contributed by atoms with E-state index >= 15 is 0 Å². The molecule has 6 nitrogen and oxygen atoms in total. The Balaban J connectivity index is 1.83. The van der Waals surface area contributed by atoms with Crippen LogP contribution in [0.4, 0.5) is 0 Å². The quantitative estimate of drug-likeness (QED) is 0.410. The van der Waals surface area contributed by atoms with Gasteiger partial charge in [0.1, 0.15) is 5.75 Å². The lowest BCUT2D eigenvalue weighted by Gasteiger charge is -2.11. The molecular formula is C17H19N3O3S2. The number of hydrazine groups is 1. The number of amides is 2. The maximum atomic E-state index is 12.2. The fourth-order valence-corrected chi connectivity index (χ4v) is 2.61. The van der Waals surface area contributed by atoms with Gasteiger partial charge in [0.05, 0.1) is 11.5 Å². The predicted molar refractivity (Wildman–Crippen MR) is 102 cm³/mol. The van der Waals surface area contributed by atoms with Gasteiger partial charge in [-0.15, -0.1) is 11.3 Å². The molecule has 0 atom stereocenters. The van der Waals surface area contributed by atoms with Crippen LogP contribution in [0.5, 0.6) is 5.75 Å². The first-order valence-corrected chi connectivity index (χ1v) is 9.07. The van der Waals surface area contributed by atoms with Crippen molar-refractivity contribution in [1.29, 1.82) is 0 Å². The van der Waals surface area contributed by atoms with E-state index in [0.29, 0.717) is 22.8 Å². The van der Waals surface area contributed by atoms with E-state index in [1.165, 1.54) is 11.3 Å². The number of ether oxygens (including phenoxy) is 1. The summed E-state index contributed by atoms with van der Waals surface area (Å²) in [6.45, 7) is 2.69. The number of hydrogen-bond acceptors (Lipinski definition) is 5. The molecule has 0 spiro atoms. The van der Waals surface area contributed by atoms with Crippen molar-refractivity contribution in [3.8, 4) is 5.75 Å². The van der Waals surface area contributed by atoms with Gasteiger partial charge in [0, 0.05) is 5.56 Å². The second kappa shape index (κ2) is 9.75. The molecule has 0 bridgehead atoms. The molecule has 1 aromatic carbocycles. The van der Waals surface area contributed by atoms with Crippen LogP contribution in [-0.2, 0) is 0 Å². The summed E-state index contributed by atoms with van der Waals surface area (Å²) in [6.07, 6.45) is 1.99. The minimum atomic E-state index is -0.385. The van der Waals surface area contributed by atoms with Crippen molar-refractivity contribution in [2.75, 3.05) is 6.61 Å². The van der Waals surface area contributed by atoms with E-state index in [-0.39, 0.29) is 16.9 Å². The van der Waals surface area contributed by atoms with E-state index in [4.69, 9.17) is 17.0 Å². The summed E-state index contributed by atoms with van der Waals surface area (Å²) in [4.78, 5) is 24.5. The number of thiophene rings is 1. The molecule has 2 amide bonds. The van der Waals surface area contributed by atoms with Crippen LogP contribution < -0.4 is 20.9 Å².